The maximum Gasteiger partial charge on any atom is 0.280 e. The average molecular weight is 331 g/mol. The Hall–Kier alpha value is -2.33. The van der Waals surface area contributed by atoms with E-state index in [-0.39, 0.29) is 5.91 Å². The lowest BCUT2D eigenvalue weighted by Crippen LogP contribution is -2.33. The molecule has 0 saturated carbocycles. The average Bonchev–Trinajstić information content (AvgIpc) is 2.48. The van der Waals surface area contributed by atoms with Crippen LogP contribution in [0.4, 0.5) is 0 Å². The summed E-state index contributed by atoms with van der Waals surface area (Å²) < 4.78 is 5.65. The summed E-state index contributed by atoms with van der Waals surface area (Å²) in [6.07, 6.45) is 0.913. The number of carbonyl (C=O) groups excluding carboxylic acids is 1. The Balaban J connectivity index is 1.90. The summed E-state index contributed by atoms with van der Waals surface area (Å²) >= 11 is 5.81. The summed E-state index contributed by atoms with van der Waals surface area (Å²) in [5, 5.41) is 4.58. The maximum atomic E-state index is 12.0. The van der Waals surface area contributed by atoms with E-state index in [9.17, 15) is 4.79 Å². The van der Waals surface area contributed by atoms with Crippen molar-refractivity contribution in [2.24, 2.45) is 5.10 Å². The molecule has 0 saturated heterocycles. The minimum absolute atomic E-state index is 0.311. The fourth-order valence-electron chi connectivity index (χ4n) is 2.07. The van der Waals surface area contributed by atoms with Gasteiger partial charge < -0.3 is 4.74 Å². The van der Waals surface area contributed by atoms with E-state index in [1.165, 1.54) is 0 Å². The number of ether oxygens (including phenoxy) is 1. The second-order valence-electron chi connectivity index (χ2n) is 5.37. The van der Waals surface area contributed by atoms with Crippen LogP contribution in [0.25, 0.3) is 0 Å². The van der Waals surface area contributed by atoms with Gasteiger partial charge in [0.25, 0.3) is 5.91 Å². The van der Waals surface area contributed by atoms with Crippen molar-refractivity contribution in [3.8, 4) is 5.75 Å². The Morgan fingerprint density at radius 1 is 1.17 bits per heavy atom. The standard InChI is InChI=1S/C18H19ClN2O2/c1-12-8-13(2)10-17(9-12)23-14(3)18(22)21-20-11-15-4-6-16(19)7-5-15/h4-11,14H,1-3H3,(H,21,22)/b20-11-/t14-/m0/s1. The van der Waals surface area contributed by atoms with Gasteiger partial charge >= 0.3 is 0 Å². The summed E-state index contributed by atoms with van der Waals surface area (Å²) in [7, 11) is 0. The zero-order valence-corrected chi connectivity index (χ0v) is 14.1. The smallest absolute Gasteiger partial charge is 0.280 e. The molecule has 0 bridgehead atoms. The van der Waals surface area contributed by atoms with Crippen molar-refractivity contribution in [3.05, 3.63) is 64.2 Å². The van der Waals surface area contributed by atoms with Crippen molar-refractivity contribution in [2.45, 2.75) is 26.9 Å². The molecule has 0 aromatic heterocycles. The third-order valence-corrected chi connectivity index (χ3v) is 3.39. The molecule has 0 spiro atoms. The summed E-state index contributed by atoms with van der Waals surface area (Å²) in [5.41, 5.74) is 5.49. The summed E-state index contributed by atoms with van der Waals surface area (Å²) in [6, 6.07) is 13.0. The van der Waals surface area contributed by atoms with Crippen LogP contribution in [0, 0.1) is 13.8 Å². The number of nitrogens with zero attached hydrogens (tertiary/aromatic N) is 1. The van der Waals surface area contributed by atoms with Crippen LogP contribution in [-0.2, 0) is 4.79 Å². The van der Waals surface area contributed by atoms with Crippen molar-refractivity contribution in [1.82, 2.24) is 5.43 Å². The zero-order chi connectivity index (χ0) is 16.8. The molecule has 4 nitrogen and oxygen atoms in total. The molecule has 0 fully saturated rings. The number of halogens is 1. The van der Waals surface area contributed by atoms with E-state index < -0.39 is 6.10 Å². The van der Waals surface area contributed by atoms with Crippen molar-refractivity contribution in [3.63, 3.8) is 0 Å². The number of nitrogens with one attached hydrogen (secondary N) is 1. The van der Waals surface area contributed by atoms with Gasteiger partial charge in [0.15, 0.2) is 6.10 Å². The fraction of sp³-hybridized carbons (Fsp3) is 0.222. The minimum Gasteiger partial charge on any atom is -0.481 e. The quantitative estimate of drug-likeness (QED) is 0.668. The second kappa shape index (κ2) is 7.79. The first kappa shape index (κ1) is 17.0. The Labute approximate surface area is 141 Å². The largest absolute Gasteiger partial charge is 0.481 e. The van der Waals surface area contributed by atoms with E-state index in [2.05, 4.69) is 10.5 Å². The summed E-state index contributed by atoms with van der Waals surface area (Å²) in [6.45, 7) is 5.66. The molecule has 5 heteroatoms. The van der Waals surface area contributed by atoms with Gasteiger partial charge in [0.1, 0.15) is 5.75 Å². The van der Waals surface area contributed by atoms with Crippen LogP contribution >= 0.6 is 11.6 Å². The predicted molar refractivity (Wildman–Crippen MR) is 93.2 cm³/mol. The van der Waals surface area contributed by atoms with Gasteiger partial charge in [-0.1, -0.05) is 29.8 Å². The summed E-state index contributed by atoms with van der Waals surface area (Å²) in [5.74, 6) is 0.362. The highest BCUT2D eigenvalue weighted by atomic mass is 35.5. The van der Waals surface area contributed by atoms with Gasteiger partial charge in [-0.15, -0.1) is 0 Å². The Morgan fingerprint density at radius 3 is 2.39 bits per heavy atom. The van der Waals surface area contributed by atoms with Crippen LogP contribution in [0.2, 0.25) is 5.02 Å². The zero-order valence-electron chi connectivity index (χ0n) is 13.3. The first-order valence-electron chi connectivity index (χ1n) is 7.27. The molecule has 2 rings (SSSR count). The highest BCUT2D eigenvalue weighted by Crippen LogP contribution is 2.17. The van der Waals surface area contributed by atoms with E-state index in [1.54, 1.807) is 25.3 Å². The highest BCUT2D eigenvalue weighted by Gasteiger charge is 2.14. The number of rotatable bonds is 5. The van der Waals surface area contributed by atoms with Gasteiger partial charge in [0, 0.05) is 5.02 Å². The van der Waals surface area contributed by atoms with E-state index in [0.29, 0.717) is 10.8 Å². The number of benzene rings is 2. The first-order chi connectivity index (χ1) is 10.9. The van der Waals surface area contributed by atoms with E-state index >= 15 is 0 Å². The van der Waals surface area contributed by atoms with E-state index in [0.717, 1.165) is 16.7 Å². The van der Waals surface area contributed by atoms with Crippen LogP contribution in [-0.4, -0.2) is 18.2 Å². The molecular formula is C18H19ClN2O2. The molecule has 0 aliphatic rings. The number of hydrogen-bond donors (Lipinski definition) is 1. The molecule has 1 atom stereocenters. The summed E-state index contributed by atoms with van der Waals surface area (Å²) in [4.78, 5) is 12.0. The van der Waals surface area contributed by atoms with Crippen LogP contribution in [0.3, 0.4) is 0 Å². The molecular weight excluding hydrogens is 312 g/mol. The van der Waals surface area contributed by atoms with Gasteiger partial charge in [-0.2, -0.15) is 5.10 Å². The lowest BCUT2D eigenvalue weighted by Gasteiger charge is -2.14. The molecule has 0 radical (unpaired) electrons. The van der Waals surface area contributed by atoms with Crippen LogP contribution in [0.5, 0.6) is 5.75 Å². The third-order valence-electron chi connectivity index (χ3n) is 3.14. The SMILES string of the molecule is Cc1cc(C)cc(O[C@@H](C)C(=O)N/N=C\c2ccc(Cl)cc2)c1. The Kier molecular flexibility index (Phi) is 5.77. The Morgan fingerprint density at radius 2 is 1.78 bits per heavy atom. The van der Waals surface area contributed by atoms with Gasteiger partial charge in [-0.3, -0.25) is 4.79 Å². The fourth-order valence-corrected chi connectivity index (χ4v) is 2.19. The van der Waals surface area contributed by atoms with Crippen LogP contribution < -0.4 is 10.2 Å². The molecule has 2 aromatic rings. The molecule has 1 N–H and O–H groups in total. The normalized spacial score (nSPS) is 12.2. The monoisotopic (exact) mass is 330 g/mol. The minimum atomic E-state index is -0.640. The molecule has 0 aliphatic heterocycles. The van der Waals surface area contributed by atoms with Crippen molar-refractivity contribution >= 4 is 23.7 Å². The van der Waals surface area contributed by atoms with Crippen molar-refractivity contribution in [2.75, 3.05) is 0 Å². The van der Waals surface area contributed by atoms with E-state index in [4.69, 9.17) is 16.3 Å². The molecule has 1 amide bonds. The van der Waals surface area contributed by atoms with Crippen LogP contribution in [0.15, 0.2) is 47.6 Å². The highest BCUT2D eigenvalue weighted by molar-refractivity contribution is 6.30. The van der Waals surface area contributed by atoms with Gasteiger partial charge in [0.2, 0.25) is 0 Å². The number of amides is 1. The lowest BCUT2D eigenvalue weighted by atomic mass is 10.1. The number of carbonyl (C=O) groups is 1. The van der Waals surface area contributed by atoms with Gasteiger partial charge in [-0.25, -0.2) is 5.43 Å². The second-order valence-corrected chi connectivity index (χ2v) is 5.81. The third kappa shape index (κ3) is 5.42. The van der Waals surface area contributed by atoms with Crippen molar-refractivity contribution in [1.29, 1.82) is 0 Å². The Bertz CT molecular complexity index is 691. The maximum absolute atomic E-state index is 12.0. The topological polar surface area (TPSA) is 50.7 Å². The molecule has 2 aromatic carbocycles. The molecule has 23 heavy (non-hydrogen) atoms. The first-order valence-corrected chi connectivity index (χ1v) is 7.65. The van der Waals surface area contributed by atoms with Gasteiger partial charge in [-0.05, 0) is 61.7 Å². The number of hydrogen-bond acceptors (Lipinski definition) is 3. The molecule has 0 aliphatic carbocycles. The molecule has 0 unspecified atom stereocenters. The van der Waals surface area contributed by atoms with E-state index in [1.807, 2.05) is 44.2 Å². The van der Waals surface area contributed by atoms with Crippen LogP contribution in [0.1, 0.15) is 23.6 Å². The number of hydrazone groups is 1. The van der Waals surface area contributed by atoms with Crippen molar-refractivity contribution < 1.29 is 9.53 Å². The molecule has 120 valence electrons. The molecule has 0 heterocycles. The lowest BCUT2D eigenvalue weighted by molar-refractivity contribution is -0.127. The predicted octanol–water partition coefficient (Wildman–Crippen LogP) is 3.87. The number of aryl methyl sites for hydroxylation is 2. The van der Waals surface area contributed by atoms with Gasteiger partial charge in [0.05, 0.1) is 6.21 Å².